The van der Waals surface area contributed by atoms with Crippen molar-refractivity contribution >= 4 is 11.6 Å². The molecule has 94 valence electrons. The van der Waals surface area contributed by atoms with Gasteiger partial charge in [-0.1, -0.05) is 41.9 Å². The summed E-state index contributed by atoms with van der Waals surface area (Å²) in [5.74, 6) is -0.995. The van der Waals surface area contributed by atoms with E-state index in [1.165, 1.54) is 24.3 Å². The van der Waals surface area contributed by atoms with Gasteiger partial charge < -0.3 is 5.11 Å². The van der Waals surface area contributed by atoms with Crippen LogP contribution in [-0.2, 0) is 6.42 Å². The standard InChI is InChI=1S/C14H11ClF2O/c15-14-10(5-3-7-12(14)17)13(18)8-9-4-1-2-6-11(9)16/h1-7,13,18H,8H2. The van der Waals surface area contributed by atoms with Gasteiger partial charge in [-0.3, -0.25) is 0 Å². The molecule has 1 atom stereocenters. The Morgan fingerprint density at radius 3 is 2.39 bits per heavy atom. The normalized spacial score (nSPS) is 12.4. The third-order valence-corrected chi connectivity index (χ3v) is 3.11. The zero-order valence-electron chi connectivity index (χ0n) is 9.41. The summed E-state index contributed by atoms with van der Waals surface area (Å²) < 4.78 is 26.7. The first-order valence-corrected chi connectivity index (χ1v) is 5.82. The van der Waals surface area contributed by atoms with Crippen LogP contribution in [0.5, 0.6) is 0 Å². The second-order valence-electron chi connectivity index (χ2n) is 3.95. The van der Waals surface area contributed by atoms with E-state index in [9.17, 15) is 13.9 Å². The van der Waals surface area contributed by atoms with Gasteiger partial charge in [0, 0.05) is 12.0 Å². The highest BCUT2D eigenvalue weighted by molar-refractivity contribution is 6.31. The van der Waals surface area contributed by atoms with Crippen LogP contribution in [0.4, 0.5) is 8.78 Å². The van der Waals surface area contributed by atoms with E-state index in [1.807, 2.05) is 0 Å². The molecule has 2 aromatic rings. The smallest absolute Gasteiger partial charge is 0.142 e. The fraction of sp³-hybridized carbons (Fsp3) is 0.143. The molecule has 0 heterocycles. The lowest BCUT2D eigenvalue weighted by molar-refractivity contribution is 0.177. The van der Waals surface area contributed by atoms with Crippen molar-refractivity contribution in [2.75, 3.05) is 0 Å². The van der Waals surface area contributed by atoms with Gasteiger partial charge in [-0.2, -0.15) is 0 Å². The van der Waals surface area contributed by atoms with Crippen molar-refractivity contribution in [3.63, 3.8) is 0 Å². The summed E-state index contributed by atoms with van der Waals surface area (Å²) in [5, 5.41) is 9.86. The van der Waals surface area contributed by atoms with E-state index >= 15 is 0 Å². The van der Waals surface area contributed by atoms with Crippen LogP contribution in [0.15, 0.2) is 42.5 Å². The molecule has 0 aromatic heterocycles. The third-order valence-electron chi connectivity index (χ3n) is 2.71. The molecule has 0 radical (unpaired) electrons. The Morgan fingerprint density at radius 1 is 1.00 bits per heavy atom. The second-order valence-corrected chi connectivity index (χ2v) is 4.33. The minimum atomic E-state index is -1.04. The van der Waals surface area contributed by atoms with Gasteiger partial charge in [-0.05, 0) is 17.7 Å². The van der Waals surface area contributed by atoms with Crippen LogP contribution < -0.4 is 0 Å². The number of hydrogen-bond acceptors (Lipinski definition) is 1. The molecule has 0 spiro atoms. The monoisotopic (exact) mass is 268 g/mol. The molecule has 1 N–H and O–H groups in total. The van der Waals surface area contributed by atoms with Gasteiger partial charge >= 0.3 is 0 Å². The number of halogens is 3. The number of hydrogen-bond donors (Lipinski definition) is 1. The number of aliphatic hydroxyl groups excluding tert-OH is 1. The summed E-state index contributed by atoms with van der Waals surface area (Å²) in [6.45, 7) is 0. The fourth-order valence-corrected chi connectivity index (χ4v) is 2.01. The molecule has 0 aliphatic rings. The highest BCUT2D eigenvalue weighted by atomic mass is 35.5. The maximum absolute atomic E-state index is 13.4. The lowest BCUT2D eigenvalue weighted by Gasteiger charge is -2.13. The van der Waals surface area contributed by atoms with E-state index < -0.39 is 17.7 Å². The summed E-state index contributed by atoms with van der Waals surface area (Å²) >= 11 is 5.77. The van der Waals surface area contributed by atoms with Crippen molar-refractivity contribution in [3.05, 3.63) is 70.2 Å². The van der Waals surface area contributed by atoms with Crippen molar-refractivity contribution in [1.29, 1.82) is 0 Å². The van der Waals surface area contributed by atoms with E-state index in [4.69, 9.17) is 11.6 Å². The predicted molar refractivity (Wildman–Crippen MR) is 66.5 cm³/mol. The minimum absolute atomic E-state index is 0.0514. The molecule has 0 amide bonds. The predicted octanol–water partition coefficient (Wildman–Crippen LogP) is 3.89. The molecule has 4 heteroatoms. The van der Waals surface area contributed by atoms with Crippen molar-refractivity contribution in [2.45, 2.75) is 12.5 Å². The number of aliphatic hydroxyl groups is 1. The van der Waals surface area contributed by atoms with Crippen molar-refractivity contribution in [3.8, 4) is 0 Å². The maximum Gasteiger partial charge on any atom is 0.142 e. The van der Waals surface area contributed by atoms with Crippen molar-refractivity contribution in [1.82, 2.24) is 0 Å². The van der Waals surface area contributed by atoms with E-state index in [0.29, 0.717) is 5.56 Å². The summed E-state index contributed by atoms with van der Waals surface area (Å²) in [6.07, 6.45) is -0.986. The van der Waals surface area contributed by atoms with Crippen LogP contribution in [0.2, 0.25) is 5.02 Å². The first-order chi connectivity index (χ1) is 8.59. The Balaban J connectivity index is 2.25. The molecule has 0 aliphatic carbocycles. The minimum Gasteiger partial charge on any atom is -0.388 e. The Bertz CT molecular complexity index is 557. The number of benzene rings is 2. The summed E-state index contributed by atoms with van der Waals surface area (Å²) in [7, 11) is 0. The quantitative estimate of drug-likeness (QED) is 0.895. The molecule has 0 saturated carbocycles. The molecule has 0 saturated heterocycles. The van der Waals surface area contributed by atoms with Crippen LogP contribution in [0, 0.1) is 11.6 Å². The third kappa shape index (κ3) is 2.68. The lowest BCUT2D eigenvalue weighted by atomic mass is 10.0. The van der Waals surface area contributed by atoms with Gasteiger partial charge in [0.1, 0.15) is 11.6 Å². The molecule has 1 unspecified atom stereocenters. The largest absolute Gasteiger partial charge is 0.388 e. The molecule has 18 heavy (non-hydrogen) atoms. The first-order valence-electron chi connectivity index (χ1n) is 5.45. The maximum atomic E-state index is 13.4. The summed E-state index contributed by atoms with van der Waals surface area (Å²) in [5.41, 5.74) is 0.630. The topological polar surface area (TPSA) is 20.2 Å². The Kier molecular flexibility index (Phi) is 3.94. The lowest BCUT2D eigenvalue weighted by Crippen LogP contribution is -2.05. The van der Waals surface area contributed by atoms with Crippen LogP contribution in [-0.4, -0.2) is 5.11 Å². The number of rotatable bonds is 3. The van der Waals surface area contributed by atoms with Gasteiger partial charge in [-0.15, -0.1) is 0 Å². The van der Waals surface area contributed by atoms with Gasteiger partial charge in [0.15, 0.2) is 0 Å². The van der Waals surface area contributed by atoms with Gasteiger partial charge in [0.25, 0.3) is 0 Å². The zero-order valence-corrected chi connectivity index (χ0v) is 10.2. The SMILES string of the molecule is OC(Cc1ccccc1F)c1cccc(F)c1Cl. The Labute approximate surface area is 109 Å². The highest BCUT2D eigenvalue weighted by Gasteiger charge is 2.16. The first kappa shape index (κ1) is 13.0. The molecule has 0 bridgehead atoms. The van der Waals surface area contributed by atoms with Crippen LogP contribution in [0.3, 0.4) is 0 Å². The average Bonchev–Trinajstić information content (AvgIpc) is 2.35. The summed E-state index contributed by atoms with van der Waals surface area (Å²) in [4.78, 5) is 0. The second kappa shape index (κ2) is 5.46. The molecule has 1 nitrogen and oxygen atoms in total. The van der Waals surface area contributed by atoms with Gasteiger partial charge in [-0.25, -0.2) is 8.78 Å². The Morgan fingerprint density at radius 2 is 1.67 bits per heavy atom. The van der Waals surface area contributed by atoms with Crippen LogP contribution in [0.25, 0.3) is 0 Å². The van der Waals surface area contributed by atoms with Gasteiger partial charge in [0.05, 0.1) is 11.1 Å². The van der Waals surface area contributed by atoms with E-state index in [0.717, 1.165) is 0 Å². The molecular weight excluding hydrogens is 258 g/mol. The molecule has 2 aromatic carbocycles. The van der Waals surface area contributed by atoms with Gasteiger partial charge in [0.2, 0.25) is 0 Å². The van der Waals surface area contributed by atoms with Crippen LogP contribution in [0.1, 0.15) is 17.2 Å². The van der Waals surface area contributed by atoms with Crippen molar-refractivity contribution in [2.24, 2.45) is 0 Å². The zero-order chi connectivity index (χ0) is 13.1. The molecule has 0 fully saturated rings. The summed E-state index contributed by atoms with van der Waals surface area (Å²) in [6, 6.07) is 10.3. The highest BCUT2D eigenvalue weighted by Crippen LogP contribution is 2.28. The molecular formula is C14H11ClF2O. The van der Waals surface area contributed by atoms with E-state index in [-0.39, 0.29) is 17.0 Å². The van der Waals surface area contributed by atoms with Crippen LogP contribution >= 0.6 is 11.6 Å². The van der Waals surface area contributed by atoms with E-state index in [2.05, 4.69) is 0 Å². The molecule has 2 rings (SSSR count). The fourth-order valence-electron chi connectivity index (χ4n) is 1.76. The molecule has 0 aliphatic heterocycles. The average molecular weight is 269 g/mol. The van der Waals surface area contributed by atoms with Crippen molar-refractivity contribution < 1.29 is 13.9 Å². The Hall–Kier alpha value is -1.45. The van der Waals surface area contributed by atoms with E-state index in [1.54, 1.807) is 18.2 Å².